The third kappa shape index (κ3) is 54.0. The monoisotopic (exact) mass is 1280 g/mol. The first kappa shape index (κ1) is 95.8. The summed E-state index contributed by atoms with van der Waals surface area (Å²) < 4.78 is 47.7. The standard InChI is InChI=1S/C14H22O2.C13H27N.C9H19NO.C9H20O2S.C9H18O.C8H19NO2S.C7H14O.C4H10/c1-13(2,3)7-9-10(8-14(4,5)6)12(16)11(9)15;1-12(2,3)11-7-9-14(10-8-11)13(4,5)6;1-8(2,3)7(11)10-9(4,5)6;1-8(2,3)7-12(10,11)9(4,5)6;1-7(2)6-8(10)9(3,4)5;1-7(2,3)9-12(10,11)8(4,5)6;1-6(8)5-7(2,3)4;1-4(2)3/h7-8H2,1-6H3;11H,7-10H2,1-6H3;1-6H3,(H,10,11);7H2,1-6H3;7H,6H2,1-5H3;9H,1-6H3;5H2,1-4H3;4H,1-3H3. The molecule has 1 fully saturated rings. The van der Waals surface area contributed by atoms with Crippen LogP contribution in [0.2, 0.25) is 0 Å². The van der Waals surface area contributed by atoms with Crippen molar-refractivity contribution in [3.05, 3.63) is 31.6 Å². The Labute approximate surface area is 542 Å². The van der Waals surface area contributed by atoms with Gasteiger partial charge in [-0.1, -0.05) is 180 Å². The summed E-state index contributed by atoms with van der Waals surface area (Å²) in [6.07, 6.45) is 5.57. The Morgan fingerprint density at radius 1 is 0.494 bits per heavy atom. The molecule has 1 aliphatic rings. The van der Waals surface area contributed by atoms with E-state index in [1.165, 1.54) is 25.9 Å². The van der Waals surface area contributed by atoms with Crippen molar-refractivity contribution in [2.75, 3.05) is 18.8 Å². The molecular weight excluding hydrogens is 1130 g/mol. The van der Waals surface area contributed by atoms with E-state index in [0.717, 1.165) is 23.0 Å². The zero-order chi connectivity index (χ0) is 72.1. The summed E-state index contributed by atoms with van der Waals surface area (Å²) in [6.45, 7) is 86.9. The quantitative estimate of drug-likeness (QED) is 0.249. The number of hydrogen-bond acceptors (Lipinski definition) is 10. The SMILES string of the molecule is CC(=O)CC(C)(C)C.CC(C)(C)C1CCN(C(C)(C)C)CC1.CC(C)(C)CS(=O)(=O)C(C)(C)C.CC(C)(C)Cc1c(CC(C)(C)C)c(=O)c1=O.CC(C)(C)NC(=O)C(C)(C)C.CC(C)(C)NS(=O)(=O)C(C)(C)C.CC(C)C.CC(C)CC(=O)C(C)(C)C. The second kappa shape index (κ2) is 36.2. The minimum Gasteiger partial charge on any atom is -0.351 e. The smallest absolute Gasteiger partial charge is 0.229 e. The van der Waals surface area contributed by atoms with E-state index < -0.39 is 34.9 Å². The first-order valence-corrected chi connectivity index (χ1v) is 35.6. The third-order valence-electron chi connectivity index (χ3n) is 12.4. The first-order valence-electron chi connectivity index (χ1n) is 32.4. The highest BCUT2D eigenvalue weighted by molar-refractivity contribution is 7.92. The van der Waals surface area contributed by atoms with Gasteiger partial charge in [-0.3, -0.25) is 24.1 Å². The zero-order valence-electron chi connectivity index (χ0n) is 65.5. The van der Waals surface area contributed by atoms with Gasteiger partial charge < -0.3 is 10.1 Å². The van der Waals surface area contributed by atoms with Gasteiger partial charge in [0.1, 0.15) is 11.6 Å². The van der Waals surface area contributed by atoms with Crippen molar-refractivity contribution in [3.63, 3.8) is 0 Å². The minimum atomic E-state index is -3.21. The maximum atomic E-state index is 11.7. The van der Waals surface area contributed by atoms with Gasteiger partial charge in [0, 0.05) is 51.4 Å². The van der Waals surface area contributed by atoms with Crippen molar-refractivity contribution in [1.29, 1.82) is 0 Å². The first-order chi connectivity index (χ1) is 37.2. The summed E-state index contributed by atoms with van der Waals surface area (Å²) in [5.74, 6) is 3.24. The molecule has 14 heteroatoms. The number of sulfone groups is 1. The van der Waals surface area contributed by atoms with Gasteiger partial charge in [-0.15, -0.1) is 0 Å². The molecule has 1 saturated heterocycles. The summed E-state index contributed by atoms with van der Waals surface area (Å²) in [5, 5.41) is 2.92. The van der Waals surface area contributed by atoms with E-state index in [0.29, 0.717) is 48.3 Å². The van der Waals surface area contributed by atoms with Crippen LogP contribution in [0.25, 0.3) is 0 Å². The van der Waals surface area contributed by atoms with Gasteiger partial charge in [0.15, 0.2) is 9.84 Å². The lowest BCUT2D eigenvalue weighted by Crippen LogP contribution is -2.48. The molecular formula is C73H149N3O9S2. The Hall–Kier alpha value is -2.29. The Morgan fingerprint density at radius 3 is 0.954 bits per heavy atom. The van der Waals surface area contributed by atoms with Gasteiger partial charge >= 0.3 is 0 Å². The number of carbonyl (C=O) groups is 3. The van der Waals surface area contributed by atoms with Crippen molar-refractivity contribution in [3.8, 4) is 0 Å². The van der Waals surface area contributed by atoms with Gasteiger partial charge in [-0.25, -0.2) is 21.6 Å². The van der Waals surface area contributed by atoms with Crippen LogP contribution in [-0.4, -0.2) is 84.2 Å². The van der Waals surface area contributed by atoms with Crippen LogP contribution in [0, 0.1) is 55.7 Å². The van der Waals surface area contributed by atoms with Crippen molar-refractivity contribution >= 4 is 37.3 Å². The van der Waals surface area contributed by atoms with Crippen LogP contribution in [0.1, 0.15) is 328 Å². The molecule has 2 N–H and O–H groups in total. The van der Waals surface area contributed by atoms with Gasteiger partial charge in [0.25, 0.3) is 0 Å². The summed E-state index contributed by atoms with van der Waals surface area (Å²) in [7, 11) is -6.16. The normalized spacial score (nSPS) is 14.7. The number of nitrogens with zero attached hydrogens (tertiary/aromatic N) is 1. The Balaban J connectivity index is -0.000000219. The van der Waals surface area contributed by atoms with Gasteiger partial charge in [0.05, 0.1) is 15.2 Å². The van der Waals surface area contributed by atoms with Gasteiger partial charge in [-0.2, -0.15) is 0 Å². The topological polar surface area (TPSA) is 181 Å². The second-order valence-electron chi connectivity index (χ2n) is 38.7. The number of Topliss-reactive ketones (excluding diaryl/α,β-unsaturated/α-hetero) is 2. The molecule has 1 aliphatic heterocycles. The molecule has 0 spiro atoms. The van der Waals surface area contributed by atoms with Crippen LogP contribution in [0.3, 0.4) is 0 Å². The van der Waals surface area contributed by atoms with E-state index in [-0.39, 0.29) is 66.3 Å². The highest BCUT2D eigenvalue weighted by Crippen LogP contribution is 2.36. The van der Waals surface area contributed by atoms with Crippen LogP contribution >= 0.6 is 0 Å². The summed E-state index contributed by atoms with van der Waals surface area (Å²) in [6, 6.07) is 0. The Kier molecular flexibility index (Phi) is 39.9. The third-order valence-corrected chi connectivity index (χ3v) is 18.0. The van der Waals surface area contributed by atoms with Crippen molar-refractivity contribution < 1.29 is 31.2 Å². The summed E-state index contributed by atoms with van der Waals surface area (Å²) in [4.78, 5) is 58.8. The number of rotatable bonds is 7. The number of nitrogens with one attached hydrogen (secondary N) is 2. The van der Waals surface area contributed by atoms with E-state index in [1.807, 2.05) is 104 Å². The Morgan fingerprint density at radius 2 is 0.828 bits per heavy atom. The predicted octanol–water partition coefficient (Wildman–Crippen LogP) is 18.0. The highest BCUT2D eigenvalue weighted by atomic mass is 32.2. The molecule has 1 aromatic carbocycles. The van der Waals surface area contributed by atoms with Crippen LogP contribution < -0.4 is 20.9 Å². The molecule has 0 atom stereocenters. The molecule has 0 bridgehead atoms. The van der Waals surface area contributed by atoms with Crippen LogP contribution in [0.5, 0.6) is 0 Å². The van der Waals surface area contributed by atoms with E-state index in [9.17, 15) is 40.8 Å². The van der Waals surface area contributed by atoms with Crippen molar-refractivity contribution in [2.24, 2.45) is 55.7 Å². The van der Waals surface area contributed by atoms with Crippen LogP contribution in [0.15, 0.2) is 9.59 Å². The largest absolute Gasteiger partial charge is 0.351 e. The fraction of sp³-hybridized carbons (Fsp3) is 0.904. The molecule has 0 saturated carbocycles. The summed E-state index contributed by atoms with van der Waals surface area (Å²) >= 11 is 0. The lowest BCUT2D eigenvalue weighted by molar-refractivity contribution is -0.130. The number of likely N-dealkylation sites (tertiary alicyclic amines) is 1. The number of ketones is 2. The van der Waals surface area contributed by atoms with E-state index >= 15 is 0 Å². The fourth-order valence-corrected chi connectivity index (χ4v) is 10.3. The number of carbonyl (C=O) groups excluding carboxylic acids is 3. The number of amides is 1. The van der Waals surface area contributed by atoms with Crippen molar-refractivity contribution in [2.45, 2.75) is 355 Å². The van der Waals surface area contributed by atoms with Crippen LogP contribution in [0.4, 0.5) is 0 Å². The molecule has 1 heterocycles. The molecule has 87 heavy (non-hydrogen) atoms. The van der Waals surface area contributed by atoms with Gasteiger partial charge in [0.2, 0.25) is 26.8 Å². The molecule has 1 amide bonds. The maximum Gasteiger partial charge on any atom is 0.229 e. The average Bonchev–Trinajstić information content (AvgIpc) is 3.17. The van der Waals surface area contributed by atoms with Gasteiger partial charge in [-0.05, 0) is 194 Å². The lowest BCUT2D eigenvalue weighted by Gasteiger charge is -2.44. The van der Waals surface area contributed by atoms with Crippen LogP contribution in [-0.2, 0) is 47.1 Å². The molecule has 0 radical (unpaired) electrons. The average molecular weight is 1280 g/mol. The maximum absolute atomic E-state index is 11.7. The van der Waals surface area contributed by atoms with Crippen molar-refractivity contribution in [1.82, 2.24) is 14.9 Å². The minimum absolute atomic E-state index is 0.0643. The number of sulfonamides is 1. The van der Waals surface area contributed by atoms with E-state index in [1.54, 1.807) is 48.5 Å². The summed E-state index contributed by atoms with van der Waals surface area (Å²) in [5.41, 5.74) is 1.10. The van der Waals surface area contributed by atoms with E-state index in [4.69, 9.17) is 0 Å². The number of hydrogen-bond donors (Lipinski definition) is 2. The molecule has 2 rings (SSSR count). The molecule has 0 unspecified atom stereocenters. The zero-order valence-corrected chi connectivity index (χ0v) is 67.2. The Bertz CT molecular complexity index is 2310. The molecule has 1 aromatic rings. The molecule has 522 valence electrons. The molecule has 12 nitrogen and oxygen atoms in total. The predicted molar refractivity (Wildman–Crippen MR) is 382 cm³/mol. The molecule has 0 aromatic heterocycles. The number of piperidine rings is 1. The van der Waals surface area contributed by atoms with E-state index in [2.05, 4.69) is 153 Å². The molecule has 0 aliphatic carbocycles. The lowest BCUT2D eigenvalue weighted by atomic mass is 9.75. The highest BCUT2D eigenvalue weighted by Gasteiger charge is 2.35. The second-order valence-corrected chi connectivity index (χ2v) is 43.9. The fourth-order valence-electron chi connectivity index (χ4n) is 7.63.